The Hall–Kier alpha value is -1.43. The Kier molecular flexibility index (Phi) is 8.82. The zero-order valence-corrected chi connectivity index (χ0v) is 11.2. The number of carboxylic acid groups (broad SMARTS) is 1. The van der Waals surface area contributed by atoms with Crippen LogP contribution in [0.4, 0.5) is 0 Å². The molecule has 1 rings (SSSR count). The summed E-state index contributed by atoms with van der Waals surface area (Å²) >= 11 is 0. The normalized spacial score (nSPS) is 13.1. The molecule has 102 valence electrons. The zero-order valence-electron chi connectivity index (χ0n) is 11.2. The molecule has 0 radical (unpaired) electrons. The molecule has 2 unspecified atom stereocenters. The lowest BCUT2D eigenvalue weighted by molar-refractivity contribution is 0.00786. The van der Waals surface area contributed by atoms with Gasteiger partial charge in [0, 0.05) is 14.2 Å². The molecule has 0 bridgehead atoms. The van der Waals surface area contributed by atoms with Gasteiger partial charge < -0.3 is 14.6 Å². The second kappa shape index (κ2) is 9.58. The highest BCUT2D eigenvalue weighted by Crippen LogP contribution is 1.96. The fourth-order valence-electron chi connectivity index (χ4n) is 1.05. The first kappa shape index (κ1) is 16.6. The number of carboxylic acids is 1. The highest BCUT2D eigenvalue weighted by Gasteiger charge is 2.02. The fraction of sp³-hybridized carbons (Fsp3) is 0.462. The van der Waals surface area contributed by atoms with E-state index in [9.17, 15) is 4.79 Å². The van der Waals surface area contributed by atoms with Crippen molar-refractivity contribution in [2.75, 3.05) is 14.2 Å². The molecule has 0 heterocycles. The first-order valence-corrected chi connectivity index (χ1v) is 5.61. The highest BCUT2D eigenvalue weighted by atomic mass is 16.5. The monoisotopic (exact) mass is 255 g/mol. The van der Waals surface area contributed by atoms with Crippen LogP contribution >= 0.6 is 0 Å². The van der Waals surface area contributed by atoms with Crippen LogP contribution in [-0.4, -0.2) is 37.8 Å². The summed E-state index contributed by atoms with van der Waals surface area (Å²) in [5, 5.41) is 11.4. The fourth-order valence-corrected chi connectivity index (χ4v) is 1.05. The summed E-state index contributed by atoms with van der Waals surface area (Å²) < 4.78 is 9.86. The number of nitrogens with one attached hydrogen (secondary N) is 1. The molecule has 0 fully saturated rings. The molecule has 0 aliphatic rings. The summed E-state index contributed by atoms with van der Waals surface area (Å²) in [4.78, 5) is 10.2. The topological polar surface area (TPSA) is 67.8 Å². The number of benzene rings is 1. The third kappa shape index (κ3) is 7.78. The van der Waals surface area contributed by atoms with Crippen LogP contribution in [0, 0.1) is 0 Å². The maximum Gasteiger partial charge on any atom is 0.335 e. The molecule has 5 nitrogen and oxygen atoms in total. The van der Waals surface area contributed by atoms with E-state index in [0.717, 1.165) is 0 Å². The Bertz CT molecular complexity index is 321. The van der Waals surface area contributed by atoms with Gasteiger partial charge in [0.15, 0.2) is 0 Å². The van der Waals surface area contributed by atoms with E-state index in [2.05, 4.69) is 5.32 Å². The SMILES string of the molecule is COC(C)NC(C)OC.O=C(O)c1ccccc1. The maximum atomic E-state index is 10.2. The van der Waals surface area contributed by atoms with Gasteiger partial charge in [-0.15, -0.1) is 0 Å². The van der Waals surface area contributed by atoms with Crippen molar-refractivity contribution in [1.82, 2.24) is 5.32 Å². The van der Waals surface area contributed by atoms with Crippen molar-refractivity contribution in [2.45, 2.75) is 26.3 Å². The van der Waals surface area contributed by atoms with E-state index in [-0.39, 0.29) is 12.5 Å². The summed E-state index contributed by atoms with van der Waals surface area (Å²) in [6, 6.07) is 8.30. The van der Waals surface area contributed by atoms with E-state index < -0.39 is 5.97 Å². The van der Waals surface area contributed by atoms with Gasteiger partial charge in [-0.3, -0.25) is 5.32 Å². The van der Waals surface area contributed by atoms with E-state index in [4.69, 9.17) is 14.6 Å². The number of rotatable bonds is 5. The first-order chi connectivity index (χ1) is 8.51. The van der Waals surface area contributed by atoms with E-state index in [1.54, 1.807) is 44.6 Å². The van der Waals surface area contributed by atoms with Gasteiger partial charge in [-0.1, -0.05) is 18.2 Å². The predicted octanol–water partition coefficient (Wildman–Crippen LogP) is 1.95. The van der Waals surface area contributed by atoms with Gasteiger partial charge in [-0.25, -0.2) is 4.79 Å². The number of hydrogen-bond donors (Lipinski definition) is 2. The lowest BCUT2D eigenvalue weighted by atomic mass is 10.2. The Labute approximate surface area is 108 Å². The Morgan fingerprint density at radius 1 is 1.11 bits per heavy atom. The van der Waals surface area contributed by atoms with Crippen LogP contribution in [-0.2, 0) is 9.47 Å². The molecule has 1 aromatic carbocycles. The van der Waals surface area contributed by atoms with Crippen molar-refractivity contribution in [1.29, 1.82) is 0 Å². The first-order valence-electron chi connectivity index (χ1n) is 5.61. The van der Waals surface area contributed by atoms with Crippen LogP contribution in [0.25, 0.3) is 0 Å². The lowest BCUT2D eigenvalue weighted by Gasteiger charge is -2.16. The minimum atomic E-state index is -0.879. The number of carbonyl (C=O) groups is 1. The summed E-state index contributed by atoms with van der Waals surface area (Å²) in [6.45, 7) is 3.85. The predicted molar refractivity (Wildman–Crippen MR) is 69.5 cm³/mol. The molecular weight excluding hydrogens is 234 g/mol. The van der Waals surface area contributed by atoms with Crippen molar-refractivity contribution in [2.24, 2.45) is 0 Å². The molecule has 0 spiro atoms. The minimum absolute atomic E-state index is 0.0555. The summed E-state index contributed by atoms with van der Waals surface area (Å²) in [5.41, 5.74) is 0.331. The quantitative estimate of drug-likeness (QED) is 0.787. The number of hydrogen-bond acceptors (Lipinski definition) is 4. The zero-order chi connectivity index (χ0) is 14.0. The molecule has 0 aliphatic heterocycles. The van der Waals surface area contributed by atoms with Crippen LogP contribution < -0.4 is 5.32 Å². The van der Waals surface area contributed by atoms with Crippen molar-refractivity contribution in [3.05, 3.63) is 35.9 Å². The van der Waals surface area contributed by atoms with Crippen molar-refractivity contribution < 1.29 is 19.4 Å². The third-order valence-corrected chi connectivity index (χ3v) is 2.20. The molecule has 0 aromatic heterocycles. The van der Waals surface area contributed by atoms with Crippen LogP contribution in [0.3, 0.4) is 0 Å². The van der Waals surface area contributed by atoms with E-state index in [1.165, 1.54) is 0 Å². The minimum Gasteiger partial charge on any atom is -0.478 e. The largest absolute Gasteiger partial charge is 0.478 e. The van der Waals surface area contributed by atoms with Crippen LogP contribution in [0.2, 0.25) is 0 Å². The lowest BCUT2D eigenvalue weighted by Crippen LogP contribution is -2.36. The van der Waals surface area contributed by atoms with Crippen LogP contribution in [0.5, 0.6) is 0 Å². The van der Waals surface area contributed by atoms with E-state index >= 15 is 0 Å². The molecule has 2 atom stereocenters. The summed E-state index contributed by atoms with van der Waals surface area (Å²) in [5.74, 6) is -0.879. The Balaban J connectivity index is 0.000000321. The van der Waals surface area contributed by atoms with Crippen molar-refractivity contribution in [3.63, 3.8) is 0 Å². The molecule has 0 aliphatic carbocycles. The van der Waals surface area contributed by atoms with Gasteiger partial charge in [-0.05, 0) is 26.0 Å². The van der Waals surface area contributed by atoms with Gasteiger partial charge in [0.05, 0.1) is 5.56 Å². The number of ether oxygens (including phenoxy) is 2. The average molecular weight is 255 g/mol. The maximum absolute atomic E-state index is 10.2. The molecule has 0 saturated heterocycles. The van der Waals surface area contributed by atoms with Crippen molar-refractivity contribution in [3.8, 4) is 0 Å². The number of aromatic carboxylic acids is 1. The molecule has 5 heteroatoms. The smallest absolute Gasteiger partial charge is 0.335 e. The van der Waals surface area contributed by atoms with Gasteiger partial charge in [0.2, 0.25) is 0 Å². The van der Waals surface area contributed by atoms with Gasteiger partial charge in [-0.2, -0.15) is 0 Å². The van der Waals surface area contributed by atoms with Gasteiger partial charge >= 0.3 is 5.97 Å². The summed E-state index contributed by atoms with van der Waals surface area (Å²) in [7, 11) is 3.31. The van der Waals surface area contributed by atoms with Gasteiger partial charge in [0.25, 0.3) is 0 Å². The third-order valence-electron chi connectivity index (χ3n) is 2.20. The van der Waals surface area contributed by atoms with Crippen LogP contribution in [0.15, 0.2) is 30.3 Å². The summed E-state index contributed by atoms with van der Waals surface area (Å²) in [6.07, 6.45) is 0.111. The Morgan fingerprint density at radius 3 is 1.83 bits per heavy atom. The Morgan fingerprint density at radius 2 is 1.56 bits per heavy atom. The van der Waals surface area contributed by atoms with Crippen molar-refractivity contribution >= 4 is 5.97 Å². The van der Waals surface area contributed by atoms with Gasteiger partial charge in [0.1, 0.15) is 12.5 Å². The number of methoxy groups -OCH3 is 2. The van der Waals surface area contributed by atoms with E-state index in [1.807, 2.05) is 13.8 Å². The molecule has 0 amide bonds. The highest BCUT2D eigenvalue weighted by molar-refractivity contribution is 5.87. The molecular formula is C13H21NO4. The standard InChI is InChI=1S/C7H6O2.C6H15NO2/c8-7(9)6-4-2-1-3-5-6;1-5(8-3)7-6(2)9-4/h1-5H,(H,8,9);5-7H,1-4H3. The molecule has 0 saturated carbocycles. The molecule has 1 aromatic rings. The average Bonchev–Trinajstić information content (AvgIpc) is 2.40. The van der Waals surface area contributed by atoms with Crippen LogP contribution in [0.1, 0.15) is 24.2 Å². The van der Waals surface area contributed by atoms with E-state index in [0.29, 0.717) is 5.56 Å². The second-order valence-corrected chi connectivity index (χ2v) is 3.59. The molecule has 18 heavy (non-hydrogen) atoms. The second-order valence-electron chi connectivity index (χ2n) is 3.59. The molecule has 2 N–H and O–H groups in total.